The van der Waals surface area contributed by atoms with E-state index in [4.69, 9.17) is 14.2 Å². The van der Waals surface area contributed by atoms with Crippen LogP contribution >= 0.6 is 0 Å². The van der Waals surface area contributed by atoms with E-state index in [0.29, 0.717) is 25.7 Å². The Morgan fingerprint density at radius 2 is 1.56 bits per heavy atom. The van der Waals surface area contributed by atoms with Gasteiger partial charge < -0.3 is 14.2 Å². The monoisotopic (exact) mass is 230 g/mol. The van der Waals surface area contributed by atoms with E-state index in [1.165, 1.54) is 0 Å². The topological polar surface area (TPSA) is 27.7 Å². The molecule has 2 atom stereocenters. The zero-order chi connectivity index (χ0) is 12.4. The van der Waals surface area contributed by atoms with E-state index in [1.807, 2.05) is 13.8 Å². The number of ether oxygens (including phenoxy) is 3. The van der Waals surface area contributed by atoms with Crippen LogP contribution in [0.3, 0.4) is 0 Å². The van der Waals surface area contributed by atoms with Crippen LogP contribution in [-0.2, 0) is 14.2 Å². The van der Waals surface area contributed by atoms with Crippen molar-refractivity contribution in [3.8, 4) is 0 Å². The molecule has 0 spiro atoms. The fraction of sp³-hybridized carbons (Fsp3) is 0.846. The van der Waals surface area contributed by atoms with E-state index in [9.17, 15) is 0 Å². The smallest absolute Gasteiger partial charge is 0.0784 e. The quantitative estimate of drug-likeness (QED) is 0.540. The van der Waals surface area contributed by atoms with Crippen molar-refractivity contribution in [2.75, 3.05) is 26.4 Å². The summed E-state index contributed by atoms with van der Waals surface area (Å²) in [6, 6.07) is 0. The molecule has 0 aromatic carbocycles. The van der Waals surface area contributed by atoms with Gasteiger partial charge in [-0.2, -0.15) is 0 Å². The second-order valence-electron chi connectivity index (χ2n) is 4.51. The molecule has 0 heterocycles. The molecule has 3 heteroatoms. The minimum absolute atomic E-state index is 0.102. The minimum Gasteiger partial charge on any atom is -0.379 e. The highest BCUT2D eigenvalue weighted by molar-refractivity contribution is 4.65. The standard InChI is InChI=1S/C13H26O3/c1-6-7-15-13(5)10-16-12(4)9-14-8-11(2)3/h6,11-13H,1,7-10H2,2-5H3. The highest BCUT2D eigenvalue weighted by Crippen LogP contribution is 1.99. The van der Waals surface area contributed by atoms with Crippen molar-refractivity contribution in [1.29, 1.82) is 0 Å². The molecule has 16 heavy (non-hydrogen) atoms. The molecule has 0 rings (SSSR count). The van der Waals surface area contributed by atoms with Gasteiger partial charge in [-0.15, -0.1) is 6.58 Å². The maximum atomic E-state index is 5.60. The maximum Gasteiger partial charge on any atom is 0.0784 e. The first kappa shape index (κ1) is 15.6. The van der Waals surface area contributed by atoms with E-state index in [-0.39, 0.29) is 12.2 Å². The van der Waals surface area contributed by atoms with Gasteiger partial charge >= 0.3 is 0 Å². The third-order valence-electron chi connectivity index (χ3n) is 1.92. The third-order valence-corrected chi connectivity index (χ3v) is 1.92. The molecule has 0 N–H and O–H groups in total. The summed E-state index contributed by atoms with van der Waals surface area (Å²) in [5.74, 6) is 0.571. The molecule has 2 unspecified atom stereocenters. The number of rotatable bonds is 10. The molecular formula is C13H26O3. The van der Waals surface area contributed by atoms with Crippen LogP contribution in [0.5, 0.6) is 0 Å². The molecule has 0 aliphatic carbocycles. The summed E-state index contributed by atoms with van der Waals surface area (Å²) in [7, 11) is 0. The van der Waals surface area contributed by atoms with Gasteiger partial charge in [0, 0.05) is 6.61 Å². The van der Waals surface area contributed by atoms with Gasteiger partial charge in [0.2, 0.25) is 0 Å². The molecule has 96 valence electrons. The zero-order valence-electron chi connectivity index (χ0n) is 11.1. The third kappa shape index (κ3) is 10.1. The van der Waals surface area contributed by atoms with Gasteiger partial charge in [0.05, 0.1) is 32.0 Å². The number of hydrogen-bond donors (Lipinski definition) is 0. The lowest BCUT2D eigenvalue weighted by molar-refractivity contribution is -0.0548. The van der Waals surface area contributed by atoms with Crippen molar-refractivity contribution < 1.29 is 14.2 Å². The SMILES string of the molecule is C=CCOC(C)COC(C)COCC(C)C. The maximum absolute atomic E-state index is 5.60. The van der Waals surface area contributed by atoms with Crippen LogP contribution in [0, 0.1) is 5.92 Å². The predicted molar refractivity (Wildman–Crippen MR) is 66.7 cm³/mol. The molecule has 0 saturated carbocycles. The molecule has 0 bridgehead atoms. The predicted octanol–water partition coefficient (Wildman–Crippen LogP) is 2.66. The molecule has 0 aliphatic rings. The largest absolute Gasteiger partial charge is 0.379 e. The first-order chi connectivity index (χ1) is 7.56. The van der Waals surface area contributed by atoms with Gasteiger partial charge in [0.1, 0.15) is 0 Å². The fourth-order valence-corrected chi connectivity index (χ4v) is 1.10. The van der Waals surface area contributed by atoms with E-state index in [1.54, 1.807) is 6.08 Å². The van der Waals surface area contributed by atoms with Crippen molar-refractivity contribution in [2.24, 2.45) is 5.92 Å². The summed E-state index contributed by atoms with van der Waals surface area (Å²) in [6.45, 7) is 14.5. The first-order valence-corrected chi connectivity index (χ1v) is 5.98. The summed E-state index contributed by atoms with van der Waals surface area (Å²) in [4.78, 5) is 0. The summed E-state index contributed by atoms with van der Waals surface area (Å²) < 4.78 is 16.5. The highest BCUT2D eigenvalue weighted by Gasteiger charge is 2.07. The molecule has 0 aliphatic heterocycles. The lowest BCUT2D eigenvalue weighted by Gasteiger charge is -2.17. The van der Waals surface area contributed by atoms with Crippen LogP contribution in [0.15, 0.2) is 12.7 Å². The summed E-state index contributed by atoms with van der Waals surface area (Å²) in [5, 5.41) is 0. The van der Waals surface area contributed by atoms with Crippen LogP contribution in [0.1, 0.15) is 27.7 Å². The van der Waals surface area contributed by atoms with Crippen LogP contribution in [0.4, 0.5) is 0 Å². The van der Waals surface area contributed by atoms with Crippen molar-refractivity contribution in [2.45, 2.75) is 39.9 Å². The van der Waals surface area contributed by atoms with Crippen molar-refractivity contribution in [1.82, 2.24) is 0 Å². The Balaban J connectivity index is 3.41. The van der Waals surface area contributed by atoms with Crippen molar-refractivity contribution >= 4 is 0 Å². The van der Waals surface area contributed by atoms with E-state index >= 15 is 0 Å². The summed E-state index contributed by atoms with van der Waals surface area (Å²) >= 11 is 0. The minimum atomic E-state index is 0.102. The molecule has 3 nitrogen and oxygen atoms in total. The van der Waals surface area contributed by atoms with Crippen molar-refractivity contribution in [3.63, 3.8) is 0 Å². The lowest BCUT2D eigenvalue weighted by atomic mass is 10.2. The van der Waals surface area contributed by atoms with Gasteiger partial charge in [0.25, 0.3) is 0 Å². The van der Waals surface area contributed by atoms with Crippen molar-refractivity contribution in [3.05, 3.63) is 12.7 Å². The van der Waals surface area contributed by atoms with Gasteiger partial charge in [-0.1, -0.05) is 19.9 Å². The van der Waals surface area contributed by atoms with Gasteiger partial charge in [-0.25, -0.2) is 0 Å². The molecule has 0 amide bonds. The molecule has 0 aromatic heterocycles. The molecule has 0 radical (unpaired) electrons. The molecule has 0 aromatic rings. The lowest BCUT2D eigenvalue weighted by Crippen LogP contribution is -2.24. The average molecular weight is 230 g/mol. The van der Waals surface area contributed by atoms with Gasteiger partial charge in [0.15, 0.2) is 0 Å². The van der Waals surface area contributed by atoms with Crippen LogP contribution < -0.4 is 0 Å². The van der Waals surface area contributed by atoms with Crippen LogP contribution in [0.25, 0.3) is 0 Å². The Hall–Kier alpha value is -0.380. The summed E-state index contributed by atoms with van der Waals surface area (Å²) in [6.07, 6.45) is 1.96. The Morgan fingerprint density at radius 1 is 0.938 bits per heavy atom. The highest BCUT2D eigenvalue weighted by atomic mass is 16.6. The Morgan fingerprint density at radius 3 is 2.12 bits per heavy atom. The number of hydrogen-bond acceptors (Lipinski definition) is 3. The normalized spacial score (nSPS) is 15.1. The van der Waals surface area contributed by atoms with Gasteiger partial charge in [-0.05, 0) is 19.8 Å². The molecule has 0 saturated heterocycles. The second-order valence-corrected chi connectivity index (χ2v) is 4.51. The second kappa shape index (κ2) is 9.82. The first-order valence-electron chi connectivity index (χ1n) is 5.98. The Kier molecular flexibility index (Phi) is 9.59. The molecular weight excluding hydrogens is 204 g/mol. The summed E-state index contributed by atoms with van der Waals surface area (Å²) in [5.41, 5.74) is 0. The van der Waals surface area contributed by atoms with Crippen LogP contribution in [-0.4, -0.2) is 38.6 Å². The van der Waals surface area contributed by atoms with E-state index < -0.39 is 0 Å². The average Bonchev–Trinajstić information content (AvgIpc) is 2.23. The Labute approximate surface area is 99.8 Å². The van der Waals surface area contributed by atoms with Crippen LogP contribution in [0.2, 0.25) is 0 Å². The van der Waals surface area contributed by atoms with Gasteiger partial charge in [-0.3, -0.25) is 0 Å². The van der Waals surface area contributed by atoms with E-state index in [0.717, 1.165) is 6.61 Å². The van der Waals surface area contributed by atoms with E-state index in [2.05, 4.69) is 20.4 Å². The fourth-order valence-electron chi connectivity index (χ4n) is 1.10. The Bertz CT molecular complexity index is 169. The molecule has 0 fully saturated rings. The zero-order valence-corrected chi connectivity index (χ0v) is 11.1.